The molecule has 132 valence electrons. The Morgan fingerprint density at radius 3 is 2.38 bits per heavy atom. The summed E-state index contributed by atoms with van der Waals surface area (Å²) in [6.07, 6.45) is -1.07. The Bertz CT molecular complexity index is 986. The number of nitrogens with one attached hydrogen (secondary N) is 1. The Morgan fingerprint density at radius 1 is 1.12 bits per heavy atom. The predicted molar refractivity (Wildman–Crippen MR) is 93.2 cm³/mol. The molecule has 0 aliphatic carbocycles. The first-order valence-corrected chi connectivity index (χ1v) is 9.19. The van der Waals surface area contributed by atoms with Crippen LogP contribution in [-0.2, 0) is 20.6 Å². The lowest BCUT2D eigenvalue weighted by molar-refractivity contribution is -0.125. The minimum absolute atomic E-state index is 0.229. The molecular weight excluding hydrogens is 354 g/mol. The fourth-order valence-corrected chi connectivity index (χ4v) is 3.30. The molecule has 1 amide bonds. The van der Waals surface area contributed by atoms with Crippen LogP contribution in [-0.4, -0.2) is 20.4 Å². The van der Waals surface area contributed by atoms with Crippen molar-refractivity contribution in [3.05, 3.63) is 65.2 Å². The van der Waals surface area contributed by atoms with Crippen LogP contribution in [0.25, 0.3) is 0 Å². The van der Waals surface area contributed by atoms with Gasteiger partial charge in [0, 0.05) is 0 Å². The third kappa shape index (κ3) is 5.07. The van der Waals surface area contributed by atoms with Gasteiger partial charge in [0.2, 0.25) is 10.0 Å². The third-order valence-electron chi connectivity index (χ3n) is 3.40. The summed E-state index contributed by atoms with van der Waals surface area (Å²) in [7, 11) is -3.99. The van der Waals surface area contributed by atoms with Crippen molar-refractivity contribution in [1.82, 2.24) is 4.72 Å². The molecule has 0 aliphatic rings. The zero-order valence-corrected chi connectivity index (χ0v) is 14.7. The first-order chi connectivity index (χ1) is 12.3. The highest BCUT2D eigenvalue weighted by molar-refractivity contribution is 7.89. The number of amides is 1. The smallest absolute Gasteiger partial charge is 0.274 e. The van der Waals surface area contributed by atoms with Crippen LogP contribution in [0.4, 0.5) is 0 Å². The van der Waals surface area contributed by atoms with E-state index in [2.05, 4.69) is 0 Å². The fourth-order valence-electron chi connectivity index (χ4n) is 2.10. The lowest BCUT2D eigenvalue weighted by atomic mass is 10.1. The average Bonchev–Trinajstić information content (AvgIpc) is 2.62. The Labute approximate surface area is 151 Å². The SMILES string of the molecule is C[C@@H](Oc1ccc(C#N)cc1)C(=O)NS(=O)(=O)Cc1ccccc1C#N. The summed E-state index contributed by atoms with van der Waals surface area (Å²) in [5.41, 5.74) is 0.969. The largest absolute Gasteiger partial charge is 0.481 e. The van der Waals surface area contributed by atoms with Crippen molar-refractivity contribution in [3.63, 3.8) is 0 Å². The highest BCUT2D eigenvalue weighted by Gasteiger charge is 2.22. The van der Waals surface area contributed by atoms with E-state index in [1.54, 1.807) is 12.1 Å². The summed E-state index contributed by atoms with van der Waals surface area (Å²) in [6.45, 7) is 1.41. The fraction of sp³-hybridized carbons (Fsp3) is 0.167. The molecule has 0 heterocycles. The highest BCUT2D eigenvalue weighted by atomic mass is 32.2. The van der Waals surface area contributed by atoms with Crippen LogP contribution in [0.2, 0.25) is 0 Å². The Balaban J connectivity index is 2.02. The molecule has 0 fully saturated rings. The van der Waals surface area contributed by atoms with Gasteiger partial charge in [-0.25, -0.2) is 13.1 Å². The van der Waals surface area contributed by atoms with Crippen molar-refractivity contribution < 1.29 is 17.9 Å². The number of nitrogens with zero attached hydrogens (tertiary/aromatic N) is 2. The van der Waals surface area contributed by atoms with E-state index in [1.807, 2.05) is 16.9 Å². The van der Waals surface area contributed by atoms with Gasteiger partial charge in [-0.3, -0.25) is 4.79 Å². The van der Waals surface area contributed by atoms with Gasteiger partial charge in [-0.15, -0.1) is 0 Å². The highest BCUT2D eigenvalue weighted by Crippen LogP contribution is 2.14. The van der Waals surface area contributed by atoms with Crippen molar-refractivity contribution in [2.75, 3.05) is 0 Å². The van der Waals surface area contributed by atoms with Gasteiger partial charge in [0.25, 0.3) is 5.91 Å². The minimum atomic E-state index is -3.99. The molecule has 0 saturated heterocycles. The van der Waals surface area contributed by atoms with Crippen LogP contribution in [0.5, 0.6) is 5.75 Å². The second kappa shape index (κ2) is 8.15. The van der Waals surface area contributed by atoms with Gasteiger partial charge in [-0.05, 0) is 42.8 Å². The summed E-state index contributed by atoms with van der Waals surface area (Å²) >= 11 is 0. The number of ether oxygens (including phenoxy) is 1. The van der Waals surface area contributed by atoms with Crippen molar-refractivity contribution in [2.45, 2.75) is 18.8 Å². The molecule has 2 aromatic rings. The van der Waals surface area contributed by atoms with E-state index in [0.717, 1.165) is 0 Å². The number of hydrogen-bond donors (Lipinski definition) is 1. The van der Waals surface area contributed by atoms with Gasteiger partial charge < -0.3 is 4.74 Å². The second-order valence-electron chi connectivity index (χ2n) is 5.39. The maximum absolute atomic E-state index is 12.2. The van der Waals surface area contributed by atoms with E-state index in [1.165, 1.54) is 43.3 Å². The molecule has 2 rings (SSSR count). The lowest BCUT2D eigenvalue weighted by Gasteiger charge is -2.15. The Kier molecular flexibility index (Phi) is 5.94. The molecule has 0 spiro atoms. The van der Waals surface area contributed by atoms with Crippen molar-refractivity contribution in [3.8, 4) is 17.9 Å². The molecule has 1 N–H and O–H groups in total. The summed E-state index contributed by atoms with van der Waals surface area (Å²) < 4.78 is 31.7. The molecule has 7 nitrogen and oxygen atoms in total. The molecule has 0 radical (unpaired) electrons. The third-order valence-corrected chi connectivity index (χ3v) is 4.61. The van der Waals surface area contributed by atoms with Crippen LogP contribution in [0, 0.1) is 22.7 Å². The van der Waals surface area contributed by atoms with E-state index in [9.17, 15) is 13.2 Å². The van der Waals surface area contributed by atoms with Crippen LogP contribution in [0.3, 0.4) is 0 Å². The van der Waals surface area contributed by atoms with Gasteiger partial charge in [0.15, 0.2) is 6.10 Å². The van der Waals surface area contributed by atoms with Gasteiger partial charge in [-0.2, -0.15) is 10.5 Å². The van der Waals surface area contributed by atoms with Crippen LogP contribution in [0.1, 0.15) is 23.6 Å². The summed E-state index contributed by atoms with van der Waals surface area (Å²) in [6, 6.07) is 16.2. The second-order valence-corrected chi connectivity index (χ2v) is 7.11. The van der Waals surface area contributed by atoms with Crippen molar-refractivity contribution in [1.29, 1.82) is 10.5 Å². The summed E-state index contributed by atoms with van der Waals surface area (Å²) in [5.74, 6) is -0.992. The zero-order chi connectivity index (χ0) is 19.2. The Morgan fingerprint density at radius 2 is 1.77 bits per heavy atom. The number of sulfonamides is 1. The molecule has 8 heteroatoms. The van der Waals surface area contributed by atoms with Crippen molar-refractivity contribution in [2.24, 2.45) is 0 Å². The number of rotatable bonds is 6. The monoisotopic (exact) mass is 369 g/mol. The van der Waals surface area contributed by atoms with Gasteiger partial charge in [0.1, 0.15) is 5.75 Å². The molecular formula is C18H15N3O4S. The molecule has 0 aliphatic heterocycles. The topological polar surface area (TPSA) is 120 Å². The minimum Gasteiger partial charge on any atom is -0.481 e. The Hall–Kier alpha value is -3.36. The van der Waals surface area contributed by atoms with Gasteiger partial charge >= 0.3 is 0 Å². The maximum Gasteiger partial charge on any atom is 0.274 e. The standard InChI is InChI=1S/C18H15N3O4S/c1-13(25-17-8-6-14(10-19)7-9-17)18(22)21-26(23,24)12-16-5-3-2-4-15(16)11-20/h2-9,13H,12H2,1H3,(H,21,22)/t13-/m1/s1. The molecule has 1 atom stereocenters. The molecule has 0 saturated carbocycles. The van der Waals surface area contributed by atoms with E-state index < -0.39 is 27.8 Å². The molecule has 2 aromatic carbocycles. The number of carbonyl (C=O) groups is 1. The first kappa shape index (κ1) is 19.0. The molecule has 0 unspecified atom stereocenters. The molecule has 0 aromatic heterocycles. The predicted octanol–water partition coefficient (Wildman–Crippen LogP) is 1.84. The van der Waals surface area contributed by atoms with Crippen molar-refractivity contribution >= 4 is 15.9 Å². The lowest BCUT2D eigenvalue weighted by Crippen LogP contribution is -2.40. The van der Waals surface area contributed by atoms with E-state index in [-0.39, 0.29) is 5.56 Å². The van der Waals surface area contributed by atoms with Crippen LogP contribution < -0.4 is 9.46 Å². The van der Waals surface area contributed by atoms with E-state index >= 15 is 0 Å². The normalized spacial score (nSPS) is 11.7. The number of benzene rings is 2. The van der Waals surface area contributed by atoms with Gasteiger partial charge in [0.05, 0.1) is 29.0 Å². The number of hydrogen-bond acceptors (Lipinski definition) is 6. The van der Waals surface area contributed by atoms with Crippen LogP contribution >= 0.6 is 0 Å². The molecule has 0 bridgehead atoms. The quantitative estimate of drug-likeness (QED) is 0.829. The zero-order valence-electron chi connectivity index (χ0n) is 13.8. The first-order valence-electron chi connectivity index (χ1n) is 7.54. The van der Waals surface area contributed by atoms with Gasteiger partial charge in [-0.1, -0.05) is 18.2 Å². The summed E-state index contributed by atoms with van der Waals surface area (Å²) in [4.78, 5) is 12.1. The number of carbonyl (C=O) groups excluding carboxylic acids is 1. The maximum atomic E-state index is 12.2. The van der Waals surface area contributed by atoms with E-state index in [4.69, 9.17) is 15.3 Å². The average molecular weight is 369 g/mol. The number of nitriles is 2. The summed E-state index contributed by atoms with van der Waals surface area (Å²) in [5, 5.41) is 17.8. The van der Waals surface area contributed by atoms with E-state index in [0.29, 0.717) is 16.9 Å². The molecule has 26 heavy (non-hydrogen) atoms. The van der Waals surface area contributed by atoms with Crippen LogP contribution in [0.15, 0.2) is 48.5 Å².